The van der Waals surface area contributed by atoms with Crippen LogP contribution >= 0.6 is 35.0 Å². The summed E-state index contributed by atoms with van der Waals surface area (Å²) < 4.78 is 13.6. The average molecular weight is 342 g/mol. The average Bonchev–Trinajstić information content (AvgIpc) is 2.85. The number of hydrogen-bond donors (Lipinski definition) is 0. The molecule has 1 amide bonds. The van der Waals surface area contributed by atoms with Gasteiger partial charge in [0.25, 0.3) is 0 Å². The maximum Gasteiger partial charge on any atom is 0.238 e. The molecule has 1 aliphatic heterocycles. The fourth-order valence-corrected chi connectivity index (χ4v) is 3.63. The second-order valence-corrected chi connectivity index (χ2v) is 6.49. The molecule has 1 unspecified atom stereocenters. The van der Waals surface area contributed by atoms with E-state index in [0.717, 1.165) is 5.56 Å². The first kappa shape index (κ1) is 14.7. The van der Waals surface area contributed by atoms with Gasteiger partial charge in [-0.1, -0.05) is 35.3 Å². The molecule has 21 heavy (non-hydrogen) atoms. The van der Waals surface area contributed by atoms with E-state index in [9.17, 15) is 9.18 Å². The molecule has 0 N–H and O–H groups in total. The van der Waals surface area contributed by atoms with Gasteiger partial charge < -0.3 is 0 Å². The summed E-state index contributed by atoms with van der Waals surface area (Å²) >= 11 is 13.1. The summed E-state index contributed by atoms with van der Waals surface area (Å²) in [5.74, 6) is -0.229. The third-order valence-electron chi connectivity index (χ3n) is 3.20. The van der Waals surface area contributed by atoms with Gasteiger partial charge in [-0.15, -0.1) is 11.8 Å². The fraction of sp³-hybridized carbons (Fsp3) is 0.133. The minimum absolute atomic E-state index is 0.0427. The topological polar surface area (TPSA) is 20.3 Å². The molecule has 0 saturated carbocycles. The van der Waals surface area contributed by atoms with Gasteiger partial charge in [-0.2, -0.15) is 0 Å². The number of anilines is 1. The van der Waals surface area contributed by atoms with E-state index in [2.05, 4.69) is 0 Å². The Bertz CT molecular complexity index is 693. The summed E-state index contributed by atoms with van der Waals surface area (Å²) in [5.41, 5.74) is 1.46. The number of carbonyl (C=O) groups is 1. The van der Waals surface area contributed by atoms with Crippen LogP contribution < -0.4 is 4.90 Å². The van der Waals surface area contributed by atoms with Crippen LogP contribution in [-0.2, 0) is 4.79 Å². The van der Waals surface area contributed by atoms with Gasteiger partial charge in [-0.25, -0.2) is 4.39 Å². The molecule has 0 radical (unpaired) electrons. The van der Waals surface area contributed by atoms with Crippen molar-refractivity contribution < 1.29 is 9.18 Å². The Hall–Kier alpha value is -1.23. The first-order valence-corrected chi connectivity index (χ1v) is 8.01. The van der Waals surface area contributed by atoms with Crippen molar-refractivity contribution in [2.75, 3.05) is 10.7 Å². The third-order valence-corrected chi connectivity index (χ3v) is 4.98. The Balaban J connectivity index is 1.99. The van der Waals surface area contributed by atoms with E-state index in [0.29, 0.717) is 16.5 Å². The summed E-state index contributed by atoms with van der Waals surface area (Å²) in [6.07, 6.45) is 0. The lowest BCUT2D eigenvalue weighted by Gasteiger charge is -2.24. The van der Waals surface area contributed by atoms with Crippen molar-refractivity contribution >= 4 is 46.6 Å². The van der Waals surface area contributed by atoms with E-state index in [1.807, 2.05) is 12.1 Å². The van der Waals surface area contributed by atoms with Crippen molar-refractivity contribution in [3.63, 3.8) is 0 Å². The van der Waals surface area contributed by atoms with Crippen molar-refractivity contribution in [1.82, 2.24) is 0 Å². The summed E-state index contributed by atoms with van der Waals surface area (Å²) in [5, 5.41) is 0.494. The highest BCUT2D eigenvalue weighted by Gasteiger charge is 2.34. The van der Waals surface area contributed by atoms with Crippen LogP contribution in [-0.4, -0.2) is 11.7 Å². The van der Waals surface area contributed by atoms with Crippen LogP contribution in [0.5, 0.6) is 0 Å². The zero-order chi connectivity index (χ0) is 15.0. The molecular weight excluding hydrogens is 332 g/mol. The maximum atomic E-state index is 13.6. The standard InChI is InChI=1S/C15H10Cl2FNOS/c16-10-3-1-9(2-4-10)15-19(14(20)8-21-15)11-5-6-12(17)13(18)7-11/h1-7,15H,8H2. The van der Waals surface area contributed by atoms with Gasteiger partial charge in [0, 0.05) is 10.7 Å². The van der Waals surface area contributed by atoms with E-state index in [-0.39, 0.29) is 16.3 Å². The van der Waals surface area contributed by atoms with Crippen LogP contribution in [0.25, 0.3) is 0 Å². The Morgan fingerprint density at radius 2 is 1.86 bits per heavy atom. The number of benzene rings is 2. The largest absolute Gasteiger partial charge is 0.295 e. The van der Waals surface area contributed by atoms with E-state index >= 15 is 0 Å². The van der Waals surface area contributed by atoms with Crippen molar-refractivity contribution in [3.8, 4) is 0 Å². The number of carbonyl (C=O) groups excluding carboxylic acids is 1. The summed E-state index contributed by atoms with van der Waals surface area (Å²) in [6.45, 7) is 0. The van der Waals surface area contributed by atoms with Gasteiger partial charge in [-0.05, 0) is 35.9 Å². The van der Waals surface area contributed by atoms with Gasteiger partial charge in [-0.3, -0.25) is 9.69 Å². The third kappa shape index (κ3) is 2.89. The van der Waals surface area contributed by atoms with E-state index in [4.69, 9.17) is 23.2 Å². The molecule has 2 aromatic rings. The minimum Gasteiger partial charge on any atom is -0.295 e. The molecule has 2 nitrogen and oxygen atoms in total. The molecule has 1 aliphatic rings. The lowest BCUT2D eigenvalue weighted by Crippen LogP contribution is -2.27. The lowest BCUT2D eigenvalue weighted by molar-refractivity contribution is -0.115. The van der Waals surface area contributed by atoms with Crippen molar-refractivity contribution in [1.29, 1.82) is 0 Å². The normalized spacial score (nSPS) is 18.3. The van der Waals surface area contributed by atoms with Gasteiger partial charge in [0.15, 0.2) is 0 Å². The molecule has 1 heterocycles. The Kier molecular flexibility index (Phi) is 4.11. The molecule has 6 heteroatoms. The molecular formula is C15H10Cl2FNOS. The second-order valence-electron chi connectivity index (χ2n) is 4.58. The van der Waals surface area contributed by atoms with Crippen molar-refractivity contribution in [3.05, 3.63) is 63.9 Å². The predicted octanol–water partition coefficient (Wildman–Crippen LogP) is 4.91. The molecule has 108 valence electrons. The number of hydrogen-bond acceptors (Lipinski definition) is 2. The summed E-state index contributed by atoms with van der Waals surface area (Å²) in [6, 6.07) is 11.7. The number of amides is 1. The Morgan fingerprint density at radius 3 is 2.52 bits per heavy atom. The molecule has 1 atom stereocenters. The highest BCUT2D eigenvalue weighted by atomic mass is 35.5. The lowest BCUT2D eigenvalue weighted by atomic mass is 10.2. The molecule has 3 rings (SSSR count). The van der Waals surface area contributed by atoms with E-state index in [1.165, 1.54) is 23.9 Å². The zero-order valence-corrected chi connectivity index (χ0v) is 13.1. The molecule has 0 bridgehead atoms. The van der Waals surface area contributed by atoms with Crippen LogP contribution in [0, 0.1) is 5.82 Å². The number of nitrogens with zero attached hydrogens (tertiary/aromatic N) is 1. The maximum absolute atomic E-state index is 13.6. The Labute approximate surface area is 135 Å². The molecule has 0 aromatic heterocycles. The zero-order valence-electron chi connectivity index (χ0n) is 10.7. The summed E-state index contributed by atoms with van der Waals surface area (Å²) in [7, 11) is 0. The van der Waals surface area contributed by atoms with E-state index < -0.39 is 5.82 Å². The monoisotopic (exact) mass is 341 g/mol. The highest BCUT2D eigenvalue weighted by Crippen LogP contribution is 2.42. The SMILES string of the molecule is O=C1CSC(c2ccc(Cl)cc2)N1c1ccc(Cl)c(F)c1. The molecule has 1 fully saturated rings. The first-order chi connectivity index (χ1) is 10.1. The number of thioether (sulfide) groups is 1. The molecule has 1 saturated heterocycles. The summed E-state index contributed by atoms with van der Waals surface area (Å²) in [4.78, 5) is 13.7. The van der Waals surface area contributed by atoms with Crippen molar-refractivity contribution in [2.24, 2.45) is 0 Å². The van der Waals surface area contributed by atoms with Crippen LogP contribution in [0.1, 0.15) is 10.9 Å². The van der Waals surface area contributed by atoms with Crippen LogP contribution in [0.4, 0.5) is 10.1 Å². The second kappa shape index (κ2) is 5.87. The van der Waals surface area contributed by atoms with Gasteiger partial charge in [0.05, 0.1) is 10.8 Å². The van der Waals surface area contributed by atoms with E-state index in [1.54, 1.807) is 23.1 Å². The molecule has 0 aliphatic carbocycles. The van der Waals surface area contributed by atoms with Gasteiger partial charge >= 0.3 is 0 Å². The van der Waals surface area contributed by atoms with Gasteiger partial charge in [0.2, 0.25) is 5.91 Å². The molecule has 2 aromatic carbocycles. The predicted molar refractivity (Wildman–Crippen MR) is 85.5 cm³/mol. The van der Waals surface area contributed by atoms with Crippen LogP contribution in [0.2, 0.25) is 10.0 Å². The smallest absolute Gasteiger partial charge is 0.238 e. The number of halogens is 3. The highest BCUT2D eigenvalue weighted by molar-refractivity contribution is 8.00. The van der Waals surface area contributed by atoms with Gasteiger partial charge in [0.1, 0.15) is 11.2 Å². The molecule has 0 spiro atoms. The number of rotatable bonds is 2. The van der Waals surface area contributed by atoms with Crippen LogP contribution in [0.3, 0.4) is 0 Å². The van der Waals surface area contributed by atoms with Crippen LogP contribution in [0.15, 0.2) is 42.5 Å². The quantitative estimate of drug-likeness (QED) is 0.773. The fourth-order valence-electron chi connectivity index (χ4n) is 2.21. The first-order valence-electron chi connectivity index (χ1n) is 6.20. The Morgan fingerprint density at radius 1 is 1.14 bits per heavy atom. The minimum atomic E-state index is -0.534. The van der Waals surface area contributed by atoms with Crippen molar-refractivity contribution in [2.45, 2.75) is 5.37 Å².